The summed E-state index contributed by atoms with van der Waals surface area (Å²) in [5.74, 6) is 1.31. The van der Waals surface area contributed by atoms with Gasteiger partial charge in [-0.25, -0.2) is 14.4 Å². The highest BCUT2D eigenvalue weighted by Gasteiger charge is 2.23. The average molecular weight is 564 g/mol. The van der Waals surface area contributed by atoms with Gasteiger partial charge in [0, 0.05) is 22.4 Å². The summed E-state index contributed by atoms with van der Waals surface area (Å²) < 4.78 is 25.1. The number of aliphatic hydroxyl groups excluding tert-OH is 1. The molecule has 10 heteroatoms. The molecule has 0 saturated carbocycles. The summed E-state index contributed by atoms with van der Waals surface area (Å²) in [6.07, 6.45) is 0. The van der Waals surface area contributed by atoms with Crippen molar-refractivity contribution in [3.05, 3.63) is 102 Å². The van der Waals surface area contributed by atoms with E-state index in [2.05, 4.69) is 17.1 Å². The number of hydrogen-bond donors (Lipinski definition) is 2. The van der Waals surface area contributed by atoms with E-state index in [-0.39, 0.29) is 41.7 Å². The second-order valence-corrected chi connectivity index (χ2v) is 9.67. The van der Waals surface area contributed by atoms with Gasteiger partial charge >= 0.3 is 0 Å². The third-order valence-corrected chi connectivity index (χ3v) is 7.08. The Kier molecular flexibility index (Phi) is 8.26. The first-order valence-corrected chi connectivity index (χ1v) is 13.4. The molecule has 8 nitrogen and oxygen atoms in total. The number of aliphatic hydroxyl groups is 1. The van der Waals surface area contributed by atoms with Crippen molar-refractivity contribution in [1.82, 2.24) is 9.97 Å². The molecule has 0 saturated heterocycles. The lowest BCUT2D eigenvalue weighted by molar-refractivity contribution is 0.201. The zero-order valence-corrected chi connectivity index (χ0v) is 22.4. The number of nitriles is 2. The van der Waals surface area contributed by atoms with Crippen LogP contribution in [0, 0.1) is 28.5 Å². The largest absolute Gasteiger partial charge is 0.491 e. The smallest absolute Gasteiger partial charge is 0.227 e. The number of oxazole rings is 1. The third-order valence-electron chi connectivity index (χ3n) is 6.09. The van der Waals surface area contributed by atoms with Crippen LogP contribution in [0.2, 0.25) is 0 Å². The first-order chi connectivity index (χ1) is 20.0. The molecular weight excluding hydrogens is 541 g/mol. The molecule has 0 unspecified atom stereocenters. The van der Waals surface area contributed by atoms with Crippen molar-refractivity contribution in [2.45, 2.75) is 10.8 Å². The first-order valence-electron chi connectivity index (χ1n) is 12.4. The quantitative estimate of drug-likeness (QED) is 0.200. The first kappa shape index (κ1) is 27.4. The van der Waals surface area contributed by atoms with Crippen LogP contribution in [0.4, 0.5) is 10.2 Å². The molecule has 5 aromatic rings. The van der Waals surface area contributed by atoms with Crippen LogP contribution in [0.1, 0.15) is 16.8 Å². The SMILES string of the molecule is N#Cc1c(N)nc(SCc2nc(-c3ccc(F)cc3)oc2-c2ccccc2)c(C#N)c1-c1ccc(OCCO)cc1. The zero-order valence-electron chi connectivity index (χ0n) is 21.5. The van der Waals surface area contributed by atoms with Crippen molar-refractivity contribution in [2.24, 2.45) is 0 Å². The second kappa shape index (κ2) is 12.3. The predicted molar refractivity (Wildman–Crippen MR) is 153 cm³/mol. The molecule has 0 aliphatic heterocycles. The maximum absolute atomic E-state index is 13.5. The van der Waals surface area contributed by atoms with Crippen LogP contribution in [0.3, 0.4) is 0 Å². The molecule has 0 spiro atoms. The molecule has 3 aromatic carbocycles. The third kappa shape index (κ3) is 5.89. The average Bonchev–Trinajstić information content (AvgIpc) is 3.44. The topological polar surface area (TPSA) is 142 Å². The van der Waals surface area contributed by atoms with Crippen LogP contribution in [0.15, 0.2) is 88.3 Å². The van der Waals surface area contributed by atoms with Crippen LogP contribution < -0.4 is 10.5 Å². The molecule has 2 heterocycles. The molecule has 0 amide bonds. The maximum atomic E-state index is 13.5. The molecule has 3 N–H and O–H groups in total. The fourth-order valence-corrected chi connectivity index (χ4v) is 5.11. The number of thioether (sulfide) groups is 1. The van der Waals surface area contributed by atoms with E-state index in [0.29, 0.717) is 44.8 Å². The van der Waals surface area contributed by atoms with E-state index in [1.807, 2.05) is 30.3 Å². The molecule has 0 aliphatic carbocycles. The number of nitrogens with zero attached hydrogens (tertiary/aromatic N) is 4. The molecule has 0 bridgehead atoms. The lowest BCUT2D eigenvalue weighted by atomic mass is 9.97. The highest BCUT2D eigenvalue weighted by Crippen LogP contribution is 2.39. The number of ether oxygens (including phenoxy) is 1. The van der Waals surface area contributed by atoms with Gasteiger partial charge in [0.2, 0.25) is 5.89 Å². The number of aromatic nitrogens is 2. The van der Waals surface area contributed by atoms with Gasteiger partial charge in [0.05, 0.1) is 17.9 Å². The molecule has 0 fully saturated rings. The lowest BCUT2D eigenvalue weighted by Crippen LogP contribution is -2.04. The van der Waals surface area contributed by atoms with E-state index in [1.54, 1.807) is 36.4 Å². The van der Waals surface area contributed by atoms with Gasteiger partial charge in [-0.3, -0.25) is 0 Å². The zero-order chi connectivity index (χ0) is 28.8. The van der Waals surface area contributed by atoms with E-state index in [0.717, 1.165) is 5.56 Å². The van der Waals surface area contributed by atoms with E-state index >= 15 is 0 Å². The van der Waals surface area contributed by atoms with Gasteiger partial charge in [-0.1, -0.05) is 54.2 Å². The van der Waals surface area contributed by atoms with Crippen molar-refractivity contribution in [2.75, 3.05) is 18.9 Å². The van der Waals surface area contributed by atoms with Gasteiger partial charge in [0.1, 0.15) is 46.7 Å². The molecule has 2 aromatic heterocycles. The molecule has 0 atom stereocenters. The molecule has 0 aliphatic rings. The fraction of sp³-hybridized carbons (Fsp3) is 0.0968. The number of anilines is 1. The van der Waals surface area contributed by atoms with Crippen molar-refractivity contribution < 1.29 is 18.7 Å². The number of hydrogen-bond acceptors (Lipinski definition) is 9. The lowest BCUT2D eigenvalue weighted by Gasteiger charge is -2.13. The minimum Gasteiger partial charge on any atom is -0.491 e. The Morgan fingerprint density at radius 3 is 2.22 bits per heavy atom. The fourth-order valence-electron chi connectivity index (χ4n) is 4.19. The molecule has 202 valence electrons. The van der Waals surface area contributed by atoms with Crippen LogP contribution in [0.5, 0.6) is 5.75 Å². The monoisotopic (exact) mass is 563 g/mol. The Balaban J connectivity index is 1.53. The summed E-state index contributed by atoms with van der Waals surface area (Å²) in [7, 11) is 0. The van der Waals surface area contributed by atoms with Crippen LogP contribution >= 0.6 is 11.8 Å². The molecule has 0 radical (unpaired) electrons. The van der Waals surface area contributed by atoms with Gasteiger partial charge in [-0.05, 0) is 42.0 Å². The summed E-state index contributed by atoms with van der Waals surface area (Å²) in [4.78, 5) is 9.09. The van der Waals surface area contributed by atoms with E-state index in [4.69, 9.17) is 25.0 Å². The molecule has 5 rings (SSSR count). The van der Waals surface area contributed by atoms with Crippen LogP contribution in [-0.4, -0.2) is 28.3 Å². The van der Waals surface area contributed by atoms with Gasteiger partial charge in [-0.15, -0.1) is 0 Å². The number of halogens is 1. The van der Waals surface area contributed by atoms with E-state index < -0.39 is 0 Å². The van der Waals surface area contributed by atoms with E-state index in [1.165, 1.54) is 23.9 Å². The number of nitrogens with two attached hydrogens (primary N) is 1. The normalized spacial score (nSPS) is 10.6. The van der Waals surface area contributed by atoms with Crippen molar-refractivity contribution in [1.29, 1.82) is 10.5 Å². The predicted octanol–water partition coefficient (Wildman–Crippen LogP) is 6.20. The summed E-state index contributed by atoms with van der Waals surface area (Å²) in [6, 6.07) is 26.4. The van der Waals surface area contributed by atoms with Crippen LogP contribution in [0.25, 0.3) is 33.9 Å². The van der Waals surface area contributed by atoms with Crippen LogP contribution in [-0.2, 0) is 5.75 Å². The summed E-state index contributed by atoms with van der Waals surface area (Å²) in [6.45, 7) is 0.0222. The number of nitrogen functional groups attached to an aromatic ring is 1. The molecular formula is C31H22FN5O3S. The van der Waals surface area contributed by atoms with Gasteiger partial charge in [0.25, 0.3) is 0 Å². The van der Waals surface area contributed by atoms with Gasteiger partial charge in [0.15, 0.2) is 5.76 Å². The van der Waals surface area contributed by atoms with Gasteiger partial charge < -0.3 is 20.0 Å². The Hall–Kier alpha value is -5.16. The Morgan fingerprint density at radius 2 is 1.56 bits per heavy atom. The van der Waals surface area contributed by atoms with Crippen molar-refractivity contribution in [3.8, 4) is 51.8 Å². The Morgan fingerprint density at radius 1 is 0.878 bits per heavy atom. The van der Waals surface area contributed by atoms with E-state index in [9.17, 15) is 14.9 Å². The highest BCUT2D eigenvalue weighted by molar-refractivity contribution is 7.98. The van der Waals surface area contributed by atoms with Crippen molar-refractivity contribution in [3.63, 3.8) is 0 Å². The summed E-state index contributed by atoms with van der Waals surface area (Å²) in [5, 5.41) is 29.4. The maximum Gasteiger partial charge on any atom is 0.227 e. The van der Waals surface area contributed by atoms with Gasteiger partial charge in [-0.2, -0.15) is 10.5 Å². The number of pyridine rings is 1. The minimum absolute atomic E-state index is 0.0000406. The number of rotatable bonds is 9. The molecule has 41 heavy (non-hydrogen) atoms. The second-order valence-electron chi connectivity index (χ2n) is 8.70. The number of benzene rings is 3. The summed E-state index contributed by atoms with van der Waals surface area (Å²) in [5.41, 5.74) is 9.48. The standard InChI is InChI=1S/C31H22FN5O3S/c32-22-10-6-21(7-11-22)30-36-26(28(40-30)20-4-2-1-3-5-20)18-41-31-25(17-34)27(24(16-33)29(35)37-31)19-8-12-23(13-9-19)39-15-14-38/h1-13,38H,14-15,18H2,(H2,35,37). The Bertz CT molecular complexity index is 1760. The Labute approximate surface area is 239 Å². The highest BCUT2D eigenvalue weighted by atomic mass is 32.2. The minimum atomic E-state index is -0.365. The van der Waals surface area contributed by atoms with Crippen molar-refractivity contribution >= 4 is 17.6 Å². The summed E-state index contributed by atoms with van der Waals surface area (Å²) >= 11 is 1.24.